The Balaban J connectivity index is 2.45. The van der Waals surface area contributed by atoms with Gasteiger partial charge in [-0.15, -0.1) is 0 Å². The molecule has 0 saturated carbocycles. The minimum absolute atomic E-state index is 0.0842. The predicted molar refractivity (Wildman–Crippen MR) is 127 cm³/mol. The summed E-state index contributed by atoms with van der Waals surface area (Å²) in [4.78, 5) is 23.9. The van der Waals surface area contributed by atoms with Gasteiger partial charge in [0.05, 0.1) is 12.2 Å². The molecule has 0 aliphatic carbocycles. The summed E-state index contributed by atoms with van der Waals surface area (Å²) in [5.74, 6) is -2.61. The minimum Gasteiger partial charge on any atom is -0.494 e. The third kappa shape index (κ3) is 13.7. The number of unbranched alkanes of at least 4 members (excludes halogenated alkanes) is 7. The van der Waals surface area contributed by atoms with Crippen molar-refractivity contribution in [2.24, 2.45) is 0 Å². The number of carbonyl (C=O) groups excluding carboxylic acids is 2. The fourth-order valence-corrected chi connectivity index (χ4v) is 3.31. The Morgan fingerprint density at radius 1 is 0.833 bits per heavy atom. The lowest BCUT2D eigenvalue weighted by Crippen LogP contribution is -2.37. The molecule has 0 fully saturated rings. The molecule has 0 amide bonds. The van der Waals surface area contributed by atoms with Crippen molar-refractivity contribution in [2.45, 2.75) is 96.7 Å². The van der Waals surface area contributed by atoms with E-state index in [9.17, 15) is 27.2 Å². The number of halogens is 4. The van der Waals surface area contributed by atoms with Crippen molar-refractivity contribution < 1.29 is 46.1 Å². The van der Waals surface area contributed by atoms with E-state index in [2.05, 4.69) is 16.4 Å². The van der Waals surface area contributed by atoms with Crippen molar-refractivity contribution in [3.8, 4) is 5.75 Å². The zero-order chi connectivity index (χ0) is 26.8. The molecule has 1 rings (SSSR count). The quantitative estimate of drug-likeness (QED) is 0.111. The molecule has 0 N–H and O–H groups in total. The van der Waals surface area contributed by atoms with E-state index in [1.165, 1.54) is 43.5 Å². The minimum atomic E-state index is -4.87. The van der Waals surface area contributed by atoms with Gasteiger partial charge < -0.3 is 18.9 Å². The molecule has 36 heavy (non-hydrogen) atoms. The lowest BCUT2D eigenvalue weighted by Gasteiger charge is -2.21. The average Bonchev–Trinajstić information content (AvgIpc) is 2.84. The van der Waals surface area contributed by atoms with Crippen LogP contribution in [0.3, 0.4) is 0 Å². The third-order valence-electron chi connectivity index (χ3n) is 5.34. The van der Waals surface area contributed by atoms with Crippen LogP contribution in [-0.4, -0.2) is 50.4 Å². The largest absolute Gasteiger partial charge is 0.494 e. The molecule has 0 spiro atoms. The number of carbonyl (C=O) groups is 2. The van der Waals surface area contributed by atoms with Crippen LogP contribution in [0, 0.1) is 0 Å². The molecule has 0 saturated heterocycles. The first kappa shape index (κ1) is 31.7. The maximum absolute atomic E-state index is 14.1. The summed E-state index contributed by atoms with van der Waals surface area (Å²) in [6, 6.07) is 5.62. The van der Waals surface area contributed by atoms with E-state index in [1.54, 1.807) is 6.92 Å². The fourth-order valence-electron chi connectivity index (χ4n) is 3.31. The molecule has 0 aromatic heterocycles. The number of rotatable bonds is 19. The summed E-state index contributed by atoms with van der Waals surface area (Å²) < 4.78 is 72.9. The highest BCUT2D eigenvalue weighted by molar-refractivity contribution is 5.91. The van der Waals surface area contributed by atoms with Crippen LogP contribution in [0.25, 0.3) is 0 Å². The zero-order valence-corrected chi connectivity index (χ0v) is 21.1. The molecule has 0 aliphatic rings. The number of alkyl halides is 4. The van der Waals surface area contributed by atoms with Gasteiger partial charge in [0, 0.05) is 13.2 Å². The van der Waals surface area contributed by atoms with E-state index < -0.39 is 37.0 Å². The van der Waals surface area contributed by atoms with Crippen LogP contribution in [-0.2, 0) is 19.0 Å². The summed E-state index contributed by atoms with van der Waals surface area (Å²) >= 11 is 0. The normalized spacial score (nSPS) is 13.2. The SMILES string of the molecule is CCCCCCCCOc1ccc(C(=O)OC(F)C(=O)O[C@H](CCCCCOCC)C(F)(F)F)cc1. The molecule has 0 heterocycles. The van der Waals surface area contributed by atoms with Gasteiger partial charge in [-0.3, -0.25) is 0 Å². The molecule has 6 nitrogen and oxygen atoms in total. The summed E-state index contributed by atoms with van der Waals surface area (Å²) in [5.41, 5.74) is -0.0842. The fraction of sp³-hybridized carbons (Fsp3) is 0.692. The molecule has 0 aliphatic heterocycles. The van der Waals surface area contributed by atoms with Gasteiger partial charge in [0.2, 0.25) is 0 Å². The van der Waals surface area contributed by atoms with Crippen molar-refractivity contribution in [1.82, 2.24) is 0 Å². The lowest BCUT2D eigenvalue weighted by molar-refractivity contribution is -0.230. The Bertz CT molecular complexity index is 739. The second-order valence-electron chi connectivity index (χ2n) is 8.38. The monoisotopic (exact) mass is 522 g/mol. The number of hydrogen-bond donors (Lipinski definition) is 0. The van der Waals surface area contributed by atoms with Crippen LogP contribution in [0.5, 0.6) is 5.75 Å². The Morgan fingerprint density at radius 3 is 2.08 bits per heavy atom. The molecule has 0 bridgehead atoms. The first-order valence-corrected chi connectivity index (χ1v) is 12.6. The molecule has 10 heteroatoms. The van der Waals surface area contributed by atoms with Crippen LogP contribution in [0.4, 0.5) is 17.6 Å². The summed E-state index contributed by atoms with van der Waals surface area (Å²) in [6.07, 6.45) is -3.09. The predicted octanol–water partition coefficient (Wildman–Crippen LogP) is 6.95. The highest BCUT2D eigenvalue weighted by atomic mass is 19.4. The van der Waals surface area contributed by atoms with E-state index in [4.69, 9.17) is 9.47 Å². The van der Waals surface area contributed by atoms with Gasteiger partial charge in [-0.25, -0.2) is 9.59 Å². The van der Waals surface area contributed by atoms with Crippen LogP contribution < -0.4 is 4.74 Å². The molecular formula is C26H38F4O6. The topological polar surface area (TPSA) is 71.1 Å². The maximum Gasteiger partial charge on any atom is 0.425 e. The van der Waals surface area contributed by atoms with Crippen molar-refractivity contribution in [2.75, 3.05) is 19.8 Å². The molecule has 2 atom stereocenters. The van der Waals surface area contributed by atoms with Crippen molar-refractivity contribution in [3.63, 3.8) is 0 Å². The molecule has 206 valence electrons. The number of hydrogen-bond acceptors (Lipinski definition) is 6. The Hall–Kier alpha value is -2.36. The zero-order valence-electron chi connectivity index (χ0n) is 21.1. The number of benzene rings is 1. The van der Waals surface area contributed by atoms with Gasteiger partial charge in [-0.2, -0.15) is 17.6 Å². The van der Waals surface area contributed by atoms with Crippen LogP contribution in [0.15, 0.2) is 24.3 Å². The van der Waals surface area contributed by atoms with E-state index in [1.807, 2.05) is 0 Å². The van der Waals surface area contributed by atoms with Gasteiger partial charge in [0.25, 0.3) is 0 Å². The first-order chi connectivity index (χ1) is 17.2. The van der Waals surface area contributed by atoms with Gasteiger partial charge in [0.15, 0.2) is 6.10 Å². The van der Waals surface area contributed by atoms with Gasteiger partial charge in [-0.05, 0) is 56.9 Å². The van der Waals surface area contributed by atoms with Crippen LogP contribution in [0.1, 0.15) is 88.4 Å². The standard InChI is InChI=1S/C26H38F4O6/c1-3-5-6-7-8-12-19-34-21-16-14-20(15-17-21)24(31)36-23(27)25(32)35-22(26(28,29)30)13-10-9-11-18-33-4-2/h14-17,22-23H,3-13,18-19H2,1-2H3/t22-,23?/m1/s1. The van der Waals surface area contributed by atoms with Gasteiger partial charge in [-0.1, -0.05) is 45.4 Å². The second-order valence-corrected chi connectivity index (χ2v) is 8.38. The lowest BCUT2D eigenvalue weighted by atomic mass is 10.1. The van der Waals surface area contributed by atoms with E-state index in [-0.39, 0.29) is 12.0 Å². The van der Waals surface area contributed by atoms with Gasteiger partial charge in [0.1, 0.15) is 5.75 Å². The van der Waals surface area contributed by atoms with E-state index in [0.29, 0.717) is 38.4 Å². The molecule has 0 radical (unpaired) electrons. The van der Waals surface area contributed by atoms with E-state index >= 15 is 0 Å². The average molecular weight is 523 g/mol. The molecule has 1 unspecified atom stereocenters. The Kier molecular flexibility index (Phi) is 15.8. The maximum atomic E-state index is 14.1. The molecule has 1 aromatic carbocycles. The Morgan fingerprint density at radius 2 is 1.44 bits per heavy atom. The van der Waals surface area contributed by atoms with E-state index in [0.717, 1.165) is 19.3 Å². The van der Waals surface area contributed by atoms with Crippen LogP contribution >= 0.6 is 0 Å². The molecule has 1 aromatic rings. The Labute approximate surface area is 210 Å². The first-order valence-electron chi connectivity index (χ1n) is 12.6. The second kappa shape index (κ2) is 18.0. The smallest absolute Gasteiger partial charge is 0.425 e. The molecular weight excluding hydrogens is 484 g/mol. The number of ether oxygens (including phenoxy) is 4. The summed E-state index contributed by atoms with van der Waals surface area (Å²) in [5, 5.41) is 0. The van der Waals surface area contributed by atoms with Crippen molar-refractivity contribution in [1.29, 1.82) is 0 Å². The van der Waals surface area contributed by atoms with Crippen LogP contribution in [0.2, 0.25) is 0 Å². The summed E-state index contributed by atoms with van der Waals surface area (Å²) in [7, 11) is 0. The summed E-state index contributed by atoms with van der Waals surface area (Å²) in [6.45, 7) is 5.40. The number of esters is 2. The highest BCUT2D eigenvalue weighted by Gasteiger charge is 2.43. The highest BCUT2D eigenvalue weighted by Crippen LogP contribution is 2.28. The van der Waals surface area contributed by atoms with Crippen molar-refractivity contribution in [3.05, 3.63) is 29.8 Å². The third-order valence-corrected chi connectivity index (χ3v) is 5.34. The van der Waals surface area contributed by atoms with Gasteiger partial charge >= 0.3 is 24.5 Å². The van der Waals surface area contributed by atoms with Crippen molar-refractivity contribution >= 4 is 11.9 Å².